The Kier molecular flexibility index (Phi) is 5.22. The van der Waals surface area contributed by atoms with Gasteiger partial charge in [0.25, 0.3) is 5.91 Å². The van der Waals surface area contributed by atoms with Gasteiger partial charge < -0.3 is 9.64 Å². The summed E-state index contributed by atoms with van der Waals surface area (Å²) in [5.74, 6) is 0.717. The average molecular weight is 428 g/mol. The molecule has 0 saturated carbocycles. The number of thiazole rings is 1. The van der Waals surface area contributed by atoms with Crippen molar-refractivity contribution in [3.05, 3.63) is 83.9 Å². The van der Waals surface area contributed by atoms with Gasteiger partial charge in [-0.05, 0) is 42.3 Å². The van der Waals surface area contributed by atoms with E-state index < -0.39 is 6.10 Å². The van der Waals surface area contributed by atoms with Crippen molar-refractivity contribution in [1.29, 1.82) is 0 Å². The average Bonchev–Trinajstić information content (AvgIpc) is 3.32. The van der Waals surface area contributed by atoms with Crippen LogP contribution in [0.4, 0.5) is 5.69 Å². The number of rotatable bonds is 5. The van der Waals surface area contributed by atoms with Gasteiger partial charge in [0.15, 0.2) is 6.10 Å². The topological polar surface area (TPSA) is 55.3 Å². The molecule has 0 N–H and O–H groups in total. The minimum Gasteiger partial charge on any atom is -0.478 e. The smallest absolute Gasteiger partial charge is 0.268 e. The zero-order chi connectivity index (χ0) is 21.2. The van der Waals surface area contributed by atoms with Crippen molar-refractivity contribution in [3.63, 3.8) is 0 Å². The maximum Gasteiger partial charge on any atom is 0.268 e. The maximum atomic E-state index is 13.1. The first-order valence-electron chi connectivity index (χ1n) is 10.3. The molecule has 3 heterocycles. The summed E-state index contributed by atoms with van der Waals surface area (Å²) >= 11 is 1.56. The Morgan fingerprint density at radius 3 is 2.65 bits per heavy atom. The number of carbonyl (C=O) groups excluding carboxylic acids is 1. The Morgan fingerprint density at radius 1 is 1.03 bits per heavy atom. The quantitative estimate of drug-likeness (QED) is 0.417. The van der Waals surface area contributed by atoms with E-state index in [1.54, 1.807) is 17.5 Å². The van der Waals surface area contributed by atoms with E-state index in [4.69, 9.17) is 9.72 Å². The van der Waals surface area contributed by atoms with E-state index in [1.807, 2.05) is 83.9 Å². The minimum absolute atomic E-state index is 0.0107. The Balaban J connectivity index is 1.52. The Hall–Kier alpha value is -3.51. The van der Waals surface area contributed by atoms with E-state index in [1.165, 1.54) is 0 Å². The predicted octanol–water partition coefficient (Wildman–Crippen LogP) is 5.58. The molecule has 0 radical (unpaired) electrons. The van der Waals surface area contributed by atoms with Gasteiger partial charge >= 0.3 is 0 Å². The zero-order valence-corrected chi connectivity index (χ0v) is 17.9. The maximum absolute atomic E-state index is 13.1. The number of aromatic nitrogens is 2. The number of amides is 1. The molecule has 1 amide bonds. The van der Waals surface area contributed by atoms with E-state index in [0.717, 1.165) is 39.0 Å². The van der Waals surface area contributed by atoms with Gasteiger partial charge in [0.1, 0.15) is 10.8 Å². The summed E-state index contributed by atoms with van der Waals surface area (Å²) in [6, 6.07) is 21.8. The summed E-state index contributed by atoms with van der Waals surface area (Å²) in [7, 11) is 0. The van der Waals surface area contributed by atoms with Crippen LogP contribution in [0.1, 0.15) is 18.9 Å². The van der Waals surface area contributed by atoms with Gasteiger partial charge in [-0.15, -0.1) is 11.3 Å². The predicted molar refractivity (Wildman–Crippen MR) is 123 cm³/mol. The molecule has 154 valence electrons. The molecular formula is C25H21N3O2S. The number of ether oxygens (including phenoxy) is 1. The second-order valence-corrected chi connectivity index (χ2v) is 8.22. The van der Waals surface area contributed by atoms with Crippen molar-refractivity contribution in [1.82, 2.24) is 9.97 Å². The number of carbonyl (C=O) groups is 1. The molecule has 1 aliphatic rings. The second-order valence-electron chi connectivity index (χ2n) is 7.36. The van der Waals surface area contributed by atoms with Crippen LogP contribution in [0, 0.1) is 0 Å². The van der Waals surface area contributed by atoms with Crippen molar-refractivity contribution in [2.75, 3.05) is 4.90 Å². The van der Waals surface area contributed by atoms with Crippen LogP contribution < -0.4 is 9.64 Å². The number of anilines is 1. The van der Waals surface area contributed by atoms with Gasteiger partial charge in [-0.25, -0.2) is 4.98 Å². The fraction of sp³-hybridized carbons (Fsp3) is 0.160. The standard InChI is InChI=1S/C25H21N3O2S/c1-2-22-25(29)28(15-17-8-4-3-5-9-17)21-14-18(11-12-23(21)30-22)20-16-31-24(27-20)19-10-6-7-13-26-19/h3-14,16,22H,2,15H2,1H3. The molecular weight excluding hydrogens is 406 g/mol. The summed E-state index contributed by atoms with van der Waals surface area (Å²) in [4.78, 5) is 24.1. The van der Waals surface area contributed by atoms with Crippen molar-refractivity contribution < 1.29 is 9.53 Å². The van der Waals surface area contributed by atoms with Crippen LogP contribution in [0.5, 0.6) is 5.75 Å². The minimum atomic E-state index is -0.461. The first kappa shape index (κ1) is 19.5. The van der Waals surface area contributed by atoms with Crippen LogP contribution in [0.3, 0.4) is 0 Å². The van der Waals surface area contributed by atoms with Crippen LogP contribution in [-0.2, 0) is 11.3 Å². The van der Waals surface area contributed by atoms with Crippen LogP contribution >= 0.6 is 11.3 Å². The van der Waals surface area contributed by atoms with Crippen molar-refractivity contribution in [3.8, 4) is 27.7 Å². The SMILES string of the molecule is CCC1Oc2ccc(-c3csc(-c4ccccn4)n3)cc2N(Cc2ccccc2)C1=O. The van der Waals surface area contributed by atoms with Crippen molar-refractivity contribution >= 4 is 22.9 Å². The van der Waals surface area contributed by atoms with Crippen molar-refractivity contribution in [2.24, 2.45) is 0 Å². The zero-order valence-electron chi connectivity index (χ0n) is 17.1. The van der Waals surface area contributed by atoms with E-state index >= 15 is 0 Å². The van der Waals surface area contributed by atoms with E-state index in [0.29, 0.717) is 13.0 Å². The fourth-order valence-electron chi connectivity index (χ4n) is 3.68. The normalized spacial score (nSPS) is 15.5. The van der Waals surface area contributed by atoms with Gasteiger partial charge in [-0.3, -0.25) is 9.78 Å². The molecule has 0 spiro atoms. The fourth-order valence-corrected chi connectivity index (χ4v) is 4.49. The van der Waals surface area contributed by atoms with E-state index in [9.17, 15) is 4.79 Å². The number of fused-ring (bicyclic) bond motifs is 1. The molecule has 1 atom stereocenters. The largest absolute Gasteiger partial charge is 0.478 e. The Labute approximate surface area is 185 Å². The molecule has 31 heavy (non-hydrogen) atoms. The molecule has 0 fully saturated rings. The summed E-state index contributed by atoms with van der Waals surface area (Å²) in [5, 5.41) is 2.89. The summed E-state index contributed by atoms with van der Waals surface area (Å²) < 4.78 is 6.01. The Bertz CT molecular complexity index is 1210. The number of hydrogen-bond donors (Lipinski definition) is 0. The number of hydrogen-bond acceptors (Lipinski definition) is 5. The highest BCUT2D eigenvalue weighted by molar-refractivity contribution is 7.13. The highest BCUT2D eigenvalue weighted by Gasteiger charge is 2.33. The lowest BCUT2D eigenvalue weighted by atomic mass is 10.1. The van der Waals surface area contributed by atoms with Gasteiger partial charge in [-0.1, -0.05) is 43.3 Å². The third-order valence-corrected chi connectivity index (χ3v) is 6.16. The summed E-state index contributed by atoms with van der Waals surface area (Å²) in [5.41, 5.74) is 4.52. The van der Waals surface area contributed by atoms with E-state index in [-0.39, 0.29) is 5.91 Å². The molecule has 0 aliphatic carbocycles. The Morgan fingerprint density at radius 2 is 1.87 bits per heavy atom. The van der Waals surface area contributed by atoms with Crippen LogP contribution in [-0.4, -0.2) is 22.0 Å². The lowest BCUT2D eigenvalue weighted by Crippen LogP contribution is -2.45. The lowest BCUT2D eigenvalue weighted by Gasteiger charge is -2.34. The van der Waals surface area contributed by atoms with Crippen molar-refractivity contribution in [2.45, 2.75) is 26.0 Å². The van der Waals surface area contributed by atoms with Gasteiger partial charge in [0.05, 0.1) is 23.6 Å². The molecule has 5 nitrogen and oxygen atoms in total. The third kappa shape index (κ3) is 3.82. The van der Waals surface area contributed by atoms with E-state index in [2.05, 4.69) is 4.98 Å². The highest BCUT2D eigenvalue weighted by atomic mass is 32.1. The number of nitrogens with zero attached hydrogens (tertiary/aromatic N) is 3. The molecule has 6 heteroatoms. The first-order valence-corrected chi connectivity index (χ1v) is 11.1. The molecule has 2 aromatic heterocycles. The molecule has 5 rings (SSSR count). The van der Waals surface area contributed by atoms with Crippen LogP contribution in [0.25, 0.3) is 22.0 Å². The highest BCUT2D eigenvalue weighted by Crippen LogP contribution is 2.39. The second kappa shape index (κ2) is 8.32. The molecule has 0 bridgehead atoms. The number of pyridine rings is 1. The monoisotopic (exact) mass is 427 g/mol. The lowest BCUT2D eigenvalue weighted by molar-refractivity contribution is -0.126. The van der Waals surface area contributed by atoms with Crippen LogP contribution in [0.15, 0.2) is 78.3 Å². The molecule has 0 saturated heterocycles. The summed E-state index contributed by atoms with van der Waals surface area (Å²) in [6.45, 7) is 2.48. The van der Waals surface area contributed by atoms with Gasteiger partial charge in [-0.2, -0.15) is 0 Å². The van der Waals surface area contributed by atoms with Gasteiger partial charge in [0, 0.05) is 17.1 Å². The molecule has 1 unspecified atom stereocenters. The van der Waals surface area contributed by atoms with Crippen LogP contribution in [0.2, 0.25) is 0 Å². The van der Waals surface area contributed by atoms with Gasteiger partial charge in [0.2, 0.25) is 0 Å². The first-order chi connectivity index (χ1) is 15.2. The number of benzene rings is 2. The molecule has 2 aromatic carbocycles. The molecule has 1 aliphatic heterocycles. The summed E-state index contributed by atoms with van der Waals surface area (Å²) in [6.07, 6.45) is 1.94. The third-order valence-electron chi connectivity index (χ3n) is 5.30. The molecule has 4 aromatic rings.